The summed E-state index contributed by atoms with van der Waals surface area (Å²) >= 11 is 0. The standard InChI is InChI=1S/C18H24F3NO3/c1-3-7-17(16(24)25)11-22(8-6-15(17)23)10-13-9-14(18(19,20)21)5-4-12(13)2/h4-5,9,15,23H,3,6-8,10-11H2,1-2H3,(H,24,25)/t15-,17+/m0/s1. The van der Waals surface area contributed by atoms with Gasteiger partial charge in [-0.25, -0.2) is 0 Å². The van der Waals surface area contributed by atoms with Crippen LogP contribution in [0.15, 0.2) is 18.2 Å². The third-order valence-electron chi connectivity index (χ3n) is 5.05. The van der Waals surface area contributed by atoms with Crippen LogP contribution in [0, 0.1) is 12.3 Å². The summed E-state index contributed by atoms with van der Waals surface area (Å²) in [5.74, 6) is -1.05. The fraction of sp³-hybridized carbons (Fsp3) is 0.611. The van der Waals surface area contributed by atoms with Crippen molar-refractivity contribution in [1.29, 1.82) is 0 Å². The van der Waals surface area contributed by atoms with E-state index in [1.165, 1.54) is 6.07 Å². The number of carboxylic acids is 1. The fourth-order valence-electron chi connectivity index (χ4n) is 3.57. The molecule has 1 aromatic rings. The number of aliphatic hydroxyl groups excluding tert-OH is 1. The van der Waals surface area contributed by atoms with Crippen LogP contribution in [0.2, 0.25) is 0 Å². The van der Waals surface area contributed by atoms with Crippen molar-refractivity contribution in [2.75, 3.05) is 13.1 Å². The molecule has 0 unspecified atom stereocenters. The molecular formula is C18H24F3NO3. The van der Waals surface area contributed by atoms with Gasteiger partial charge in [0, 0.05) is 19.6 Å². The van der Waals surface area contributed by atoms with Gasteiger partial charge in [0.1, 0.15) is 5.41 Å². The van der Waals surface area contributed by atoms with E-state index in [0.717, 1.165) is 17.7 Å². The van der Waals surface area contributed by atoms with Crippen molar-refractivity contribution in [3.05, 3.63) is 34.9 Å². The van der Waals surface area contributed by atoms with Crippen LogP contribution >= 0.6 is 0 Å². The first-order chi connectivity index (χ1) is 11.6. The van der Waals surface area contributed by atoms with E-state index in [-0.39, 0.29) is 13.1 Å². The molecule has 2 atom stereocenters. The monoisotopic (exact) mass is 359 g/mol. The number of benzene rings is 1. The highest BCUT2D eigenvalue weighted by atomic mass is 19.4. The van der Waals surface area contributed by atoms with E-state index in [9.17, 15) is 28.2 Å². The summed E-state index contributed by atoms with van der Waals surface area (Å²) < 4.78 is 38.8. The number of piperidine rings is 1. The Bertz CT molecular complexity index is 632. The van der Waals surface area contributed by atoms with Gasteiger partial charge in [-0.05, 0) is 43.0 Å². The fourth-order valence-corrected chi connectivity index (χ4v) is 3.57. The summed E-state index contributed by atoms with van der Waals surface area (Å²) in [6.07, 6.45) is -4.11. The second kappa shape index (κ2) is 7.33. The van der Waals surface area contributed by atoms with E-state index < -0.39 is 29.2 Å². The molecule has 0 amide bonds. The number of aliphatic carboxylic acids is 1. The van der Waals surface area contributed by atoms with Crippen LogP contribution in [-0.2, 0) is 17.5 Å². The van der Waals surface area contributed by atoms with Crippen molar-refractivity contribution in [3.63, 3.8) is 0 Å². The molecule has 2 N–H and O–H groups in total. The Morgan fingerprint density at radius 3 is 2.64 bits per heavy atom. The molecule has 1 saturated heterocycles. The van der Waals surface area contributed by atoms with Gasteiger partial charge in [0.05, 0.1) is 11.7 Å². The zero-order valence-electron chi connectivity index (χ0n) is 14.4. The molecule has 1 fully saturated rings. The summed E-state index contributed by atoms with van der Waals surface area (Å²) in [5.41, 5.74) is -0.705. The lowest BCUT2D eigenvalue weighted by molar-refractivity contribution is -0.164. The molecule has 0 saturated carbocycles. The largest absolute Gasteiger partial charge is 0.481 e. The maximum Gasteiger partial charge on any atom is 0.416 e. The highest BCUT2D eigenvalue weighted by Gasteiger charge is 2.48. The molecule has 0 bridgehead atoms. The van der Waals surface area contributed by atoms with Crippen LogP contribution in [0.3, 0.4) is 0 Å². The summed E-state index contributed by atoms with van der Waals surface area (Å²) in [6, 6.07) is 3.62. The number of carbonyl (C=O) groups is 1. The molecule has 0 spiro atoms. The molecule has 2 rings (SSSR count). The summed E-state index contributed by atoms with van der Waals surface area (Å²) in [7, 11) is 0. The van der Waals surface area contributed by atoms with E-state index >= 15 is 0 Å². The van der Waals surface area contributed by atoms with Crippen molar-refractivity contribution >= 4 is 5.97 Å². The Kier molecular flexibility index (Phi) is 5.79. The van der Waals surface area contributed by atoms with Gasteiger partial charge in [0.25, 0.3) is 0 Å². The van der Waals surface area contributed by atoms with E-state index in [1.807, 2.05) is 11.8 Å². The number of aliphatic hydroxyl groups is 1. The minimum atomic E-state index is -4.41. The molecule has 1 aliphatic rings. The molecule has 0 aliphatic carbocycles. The highest BCUT2D eigenvalue weighted by molar-refractivity contribution is 5.76. The SMILES string of the molecule is CCC[C@@]1(C(=O)O)CN(Cc2cc(C(F)(F)F)ccc2C)CC[C@@H]1O. The van der Waals surface area contributed by atoms with Gasteiger partial charge in [-0.2, -0.15) is 13.2 Å². The predicted octanol–water partition coefficient (Wildman–Crippen LogP) is 3.45. The number of alkyl halides is 3. The van der Waals surface area contributed by atoms with Crippen LogP contribution in [0.1, 0.15) is 42.9 Å². The van der Waals surface area contributed by atoms with Crippen molar-refractivity contribution in [2.24, 2.45) is 5.41 Å². The molecule has 25 heavy (non-hydrogen) atoms. The number of carboxylic acid groups (broad SMARTS) is 1. The van der Waals surface area contributed by atoms with Gasteiger partial charge < -0.3 is 10.2 Å². The van der Waals surface area contributed by atoms with Gasteiger partial charge in [-0.1, -0.05) is 19.4 Å². The van der Waals surface area contributed by atoms with Crippen molar-refractivity contribution in [2.45, 2.75) is 51.9 Å². The highest BCUT2D eigenvalue weighted by Crippen LogP contribution is 2.37. The van der Waals surface area contributed by atoms with E-state index in [1.54, 1.807) is 6.92 Å². The van der Waals surface area contributed by atoms with Crippen molar-refractivity contribution in [1.82, 2.24) is 4.90 Å². The Balaban J connectivity index is 2.25. The lowest BCUT2D eigenvalue weighted by atomic mass is 9.74. The predicted molar refractivity (Wildman–Crippen MR) is 87.1 cm³/mol. The van der Waals surface area contributed by atoms with Gasteiger partial charge >= 0.3 is 12.1 Å². The maximum absolute atomic E-state index is 12.9. The first-order valence-electron chi connectivity index (χ1n) is 8.40. The zero-order chi connectivity index (χ0) is 18.8. The topological polar surface area (TPSA) is 60.8 Å². The van der Waals surface area contributed by atoms with Gasteiger partial charge in [-0.3, -0.25) is 9.69 Å². The number of rotatable bonds is 5. The number of hydrogen-bond donors (Lipinski definition) is 2. The van der Waals surface area contributed by atoms with Gasteiger partial charge in [-0.15, -0.1) is 0 Å². The Morgan fingerprint density at radius 1 is 1.40 bits per heavy atom. The van der Waals surface area contributed by atoms with Gasteiger partial charge in [0.15, 0.2) is 0 Å². The zero-order valence-corrected chi connectivity index (χ0v) is 14.4. The van der Waals surface area contributed by atoms with E-state index in [2.05, 4.69) is 0 Å². The lowest BCUT2D eigenvalue weighted by Crippen LogP contribution is -2.55. The minimum absolute atomic E-state index is 0.132. The second-order valence-corrected chi connectivity index (χ2v) is 6.87. The molecule has 4 nitrogen and oxygen atoms in total. The summed E-state index contributed by atoms with van der Waals surface area (Å²) in [6.45, 7) is 4.42. The third kappa shape index (κ3) is 4.15. The average molecular weight is 359 g/mol. The smallest absolute Gasteiger partial charge is 0.416 e. The molecule has 7 heteroatoms. The molecule has 1 aromatic carbocycles. The number of nitrogens with zero attached hydrogens (tertiary/aromatic N) is 1. The number of halogens is 3. The van der Waals surface area contributed by atoms with Gasteiger partial charge in [0.2, 0.25) is 0 Å². The lowest BCUT2D eigenvalue weighted by Gasteiger charge is -2.43. The van der Waals surface area contributed by atoms with Crippen LogP contribution in [0.4, 0.5) is 13.2 Å². The Labute approximate surface area is 145 Å². The van der Waals surface area contributed by atoms with Crippen molar-refractivity contribution in [3.8, 4) is 0 Å². The molecular weight excluding hydrogens is 335 g/mol. The molecule has 140 valence electrons. The second-order valence-electron chi connectivity index (χ2n) is 6.87. The third-order valence-corrected chi connectivity index (χ3v) is 5.05. The van der Waals surface area contributed by atoms with Crippen LogP contribution in [0.25, 0.3) is 0 Å². The van der Waals surface area contributed by atoms with E-state index in [4.69, 9.17) is 0 Å². The molecule has 1 aliphatic heterocycles. The number of aryl methyl sites for hydroxylation is 1. The van der Waals surface area contributed by atoms with Crippen LogP contribution in [-0.4, -0.2) is 40.3 Å². The Hall–Kier alpha value is -1.60. The number of likely N-dealkylation sites (tertiary alicyclic amines) is 1. The maximum atomic E-state index is 12.9. The van der Waals surface area contributed by atoms with Crippen LogP contribution in [0.5, 0.6) is 0 Å². The first kappa shape index (κ1) is 19.7. The summed E-state index contributed by atoms with van der Waals surface area (Å²) in [5, 5.41) is 19.9. The van der Waals surface area contributed by atoms with E-state index in [0.29, 0.717) is 31.4 Å². The van der Waals surface area contributed by atoms with Crippen molar-refractivity contribution < 1.29 is 28.2 Å². The first-order valence-corrected chi connectivity index (χ1v) is 8.40. The normalized spacial score (nSPS) is 25.1. The Morgan fingerprint density at radius 2 is 2.08 bits per heavy atom. The minimum Gasteiger partial charge on any atom is -0.481 e. The molecule has 0 radical (unpaired) electrons. The summed E-state index contributed by atoms with van der Waals surface area (Å²) in [4.78, 5) is 13.6. The quantitative estimate of drug-likeness (QED) is 0.845. The molecule has 0 aromatic heterocycles. The number of hydrogen-bond acceptors (Lipinski definition) is 3. The molecule has 1 heterocycles. The van der Waals surface area contributed by atoms with Crippen LogP contribution < -0.4 is 0 Å². The average Bonchev–Trinajstić information content (AvgIpc) is 2.51.